The number of anilines is 2. The molecular weight excluding hydrogens is 368 g/mol. The molecule has 2 aliphatic heterocycles. The number of hydrogen-bond acceptors (Lipinski definition) is 4. The zero-order valence-electron chi connectivity index (χ0n) is 15.1. The van der Waals surface area contributed by atoms with E-state index in [1.54, 1.807) is 0 Å². The van der Waals surface area contributed by atoms with Crippen LogP contribution in [0.5, 0.6) is 0 Å². The molecule has 0 amide bonds. The van der Waals surface area contributed by atoms with E-state index in [1.165, 1.54) is 26.2 Å². The summed E-state index contributed by atoms with van der Waals surface area (Å²) in [4.78, 5) is 7.34. The molecule has 2 heterocycles. The van der Waals surface area contributed by atoms with Gasteiger partial charge >= 0.3 is 0 Å². The number of allylic oxidation sites excluding steroid dienone is 2. The molecule has 0 bridgehead atoms. The Kier molecular flexibility index (Phi) is 5.46. The van der Waals surface area contributed by atoms with Crippen LogP contribution in [0.25, 0.3) is 0 Å². The fourth-order valence-corrected chi connectivity index (χ4v) is 5.64. The lowest BCUT2D eigenvalue weighted by atomic mass is 10.2. The first-order chi connectivity index (χ1) is 13.3. The Morgan fingerprint density at radius 1 is 0.889 bits per heavy atom. The zero-order valence-corrected chi connectivity index (χ0v) is 16.8. The van der Waals surface area contributed by atoms with Crippen LogP contribution >= 0.6 is 23.5 Å². The average molecular weight is 391 g/mol. The lowest BCUT2D eigenvalue weighted by molar-refractivity contribution is 0.922. The van der Waals surface area contributed by atoms with Crippen molar-refractivity contribution in [1.29, 1.82) is 0 Å². The van der Waals surface area contributed by atoms with Crippen molar-refractivity contribution in [2.75, 3.05) is 22.9 Å². The van der Waals surface area contributed by atoms with Crippen molar-refractivity contribution in [1.82, 2.24) is 0 Å². The topological polar surface area (TPSA) is 6.48 Å². The standard InChI is InChI=1S/C23H22N2S2/c1-3-16-24-18-10-5-7-12-20(18)26-22(24)14-9-15-23-25(17-4-2)19-11-6-8-13-21(19)27-23/h3-15,22H,1-2,16-17H2/b14-9+,23-15-. The van der Waals surface area contributed by atoms with E-state index in [4.69, 9.17) is 0 Å². The quantitative estimate of drug-likeness (QED) is 0.533. The Bertz CT molecular complexity index is 916. The number of para-hydroxylation sites is 2. The molecule has 2 aliphatic rings. The molecule has 0 spiro atoms. The first-order valence-electron chi connectivity index (χ1n) is 8.99. The maximum absolute atomic E-state index is 3.92. The largest absolute Gasteiger partial charge is 0.351 e. The number of benzene rings is 2. The highest BCUT2D eigenvalue weighted by Gasteiger charge is 2.27. The molecule has 0 radical (unpaired) electrons. The van der Waals surface area contributed by atoms with Gasteiger partial charge in [-0.1, -0.05) is 72.1 Å². The van der Waals surface area contributed by atoms with E-state index in [0.29, 0.717) is 5.37 Å². The summed E-state index contributed by atoms with van der Waals surface area (Å²) < 4.78 is 0. The van der Waals surface area contributed by atoms with Gasteiger partial charge in [-0.25, -0.2) is 0 Å². The summed E-state index contributed by atoms with van der Waals surface area (Å²) in [6, 6.07) is 17.1. The first-order valence-corrected chi connectivity index (χ1v) is 10.7. The van der Waals surface area contributed by atoms with Gasteiger partial charge in [-0.3, -0.25) is 0 Å². The smallest absolute Gasteiger partial charge is 0.0989 e. The highest BCUT2D eigenvalue weighted by atomic mass is 32.2. The SMILES string of the molecule is C=CCN1/C(=C/C=C/C2Sc3ccccc3N2CC=C)Sc2ccccc21. The Balaban J connectivity index is 1.55. The van der Waals surface area contributed by atoms with Crippen LogP contribution in [0.2, 0.25) is 0 Å². The van der Waals surface area contributed by atoms with Crippen LogP contribution < -0.4 is 9.80 Å². The van der Waals surface area contributed by atoms with Crippen LogP contribution in [0.3, 0.4) is 0 Å². The second kappa shape index (κ2) is 8.15. The predicted molar refractivity (Wildman–Crippen MR) is 121 cm³/mol. The summed E-state index contributed by atoms with van der Waals surface area (Å²) in [6.45, 7) is 9.50. The minimum absolute atomic E-state index is 0.291. The molecule has 136 valence electrons. The lowest BCUT2D eigenvalue weighted by Crippen LogP contribution is -2.27. The molecule has 27 heavy (non-hydrogen) atoms. The molecular formula is C23H22N2S2. The molecule has 0 aromatic heterocycles. The zero-order chi connectivity index (χ0) is 18.6. The van der Waals surface area contributed by atoms with Crippen LogP contribution in [0.15, 0.2) is 107 Å². The summed E-state index contributed by atoms with van der Waals surface area (Å²) in [5, 5.41) is 1.53. The normalized spacial score (nSPS) is 19.6. The summed E-state index contributed by atoms with van der Waals surface area (Å²) in [6.07, 6.45) is 10.6. The Morgan fingerprint density at radius 2 is 1.59 bits per heavy atom. The van der Waals surface area contributed by atoms with Crippen LogP contribution in [-0.4, -0.2) is 18.5 Å². The van der Waals surface area contributed by atoms with Gasteiger partial charge in [0.05, 0.1) is 21.8 Å². The average Bonchev–Trinajstić information content (AvgIpc) is 3.21. The van der Waals surface area contributed by atoms with Gasteiger partial charge in [0, 0.05) is 22.9 Å². The fraction of sp³-hybridized carbons (Fsp3) is 0.130. The molecule has 4 rings (SSSR count). The first kappa shape index (κ1) is 18.1. The Labute approximate surface area is 169 Å². The van der Waals surface area contributed by atoms with Gasteiger partial charge < -0.3 is 9.80 Å². The van der Waals surface area contributed by atoms with Crippen molar-refractivity contribution >= 4 is 34.9 Å². The van der Waals surface area contributed by atoms with Crippen molar-refractivity contribution in [3.8, 4) is 0 Å². The van der Waals surface area contributed by atoms with Crippen molar-refractivity contribution in [2.24, 2.45) is 0 Å². The van der Waals surface area contributed by atoms with Gasteiger partial charge in [-0.05, 0) is 30.3 Å². The van der Waals surface area contributed by atoms with Gasteiger partial charge in [0.2, 0.25) is 0 Å². The maximum Gasteiger partial charge on any atom is 0.0989 e. The number of rotatable bonds is 6. The Hall–Kier alpha value is -2.30. The number of fused-ring (bicyclic) bond motifs is 2. The minimum atomic E-state index is 0.291. The van der Waals surface area contributed by atoms with Crippen LogP contribution in [0.4, 0.5) is 11.4 Å². The molecule has 2 nitrogen and oxygen atoms in total. The second-order valence-electron chi connectivity index (χ2n) is 6.28. The Morgan fingerprint density at radius 3 is 2.37 bits per heavy atom. The second-order valence-corrected chi connectivity index (χ2v) is 8.50. The third-order valence-corrected chi connectivity index (χ3v) is 6.90. The van der Waals surface area contributed by atoms with E-state index in [9.17, 15) is 0 Å². The molecule has 2 aromatic rings. The van der Waals surface area contributed by atoms with E-state index < -0.39 is 0 Å². The van der Waals surface area contributed by atoms with Crippen LogP contribution in [0, 0.1) is 0 Å². The maximum atomic E-state index is 3.92. The number of nitrogens with zero attached hydrogens (tertiary/aromatic N) is 2. The molecule has 0 aliphatic carbocycles. The van der Waals surface area contributed by atoms with Crippen molar-refractivity contribution in [3.63, 3.8) is 0 Å². The summed E-state index contributed by atoms with van der Waals surface area (Å²) >= 11 is 3.71. The third-order valence-electron chi connectivity index (χ3n) is 4.52. The molecule has 1 atom stereocenters. The molecule has 0 saturated carbocycles. The highest BCUT2D eigenvalue weighted by molar-refractivity contribution is 8.03. The summed E-state index contributed by atoms with van der Waals surface area (Å²) in [5.41, 5.74) is 2.55. The summed E-state index contributed by atoms with van der Waals surface area (Å²) in [7, 11) is 0. The van der Waals surface area contributed by atoms with Gasteiger partial charge in [-0.15, -0.1) is 13.2 Å². The van der Waals surface area contributed by atoms with Gasteiger partial charge in [-0.2, -0.15) is 0 Å². The summed E-state index contributed by atoms with van der Waals surface area (Å²) in [5.74, 6) is 0. The monoisotopic (exact) mass is 390 g/mol. The predicted octanol–water partition coefficient (Wildman–Crippen LogP) is 6.31. The number of thioether (sulfide) groups is 2. The minimum Gasteiger partial charge on any atom is -0.351 e. The third kappa shape index (κ3) is 3.60. The molecule has 0 saturated heterocycles. The molecule has 2 aromatic carbocycles. The van der Waals surface area contributed by atoms with Crippen LogP contribution in [0.1, 0.15) is 0 Å². The van der Waals surface area contributed by atoms with Gasteiger partial charge in [0.25, 0.3) is 0 Å². The van der Waals surface area contributed by atoms with Crippen molar-refractivity contribution < 1.29 is 0 Å². The van der Waals surface area contributed by atoms with E-state index >= 15 is 0 Å². The molecule has 0 N–H and O–H groups in total. The lowest BCUT2D eigenvalue weighted by Gasteiger charge is -2.22. The van der Waals surface area contributed by atoms with E-state index in [-0.39, 0.29) is 0 Å². The molecule has 4 heteroatoms. The molecule has 1 unspecified atom stereocenters. The fourth-order valence-electron chi connectivity index (χ4n) is 3.34. The van der Waals surface area contributed by atoms with Gasteiger partial charge in [0.1, 0.15) is 0 Å². The molecule has 0 fully saturated rings. The van der Waals surface area contributed by atoms with Gasteiger partial charge in [0.15, 0.2) is 0 Å². The van der Waals surface area contributed by atoms with E-state index in [0.717, 1.165) is 13.1 Å². The van der Waals surface area contributed by atoms with Crippen LogP contribution in [-0.2, 0) is 0 Å². The van der Waals surface area contributed by atoms with Crippen molar-refractivity contribution in [2.45, 2.75) is 15.2 Å². The van der Waals surface area contributed by atoms with Crippen molar-refractivity contribution in [3.05, 3.63) is 97.1 Å². The highest BCUT2D eigenvalue weighted by Crippen LogP contribution is 2.46. The number of hydrogen-bond donors (Lipinski definition) is 0. The van der Waals surface area contributed by atoms with E-state index in [2.05, 4.69) is 89.7 Å². The van der Waals surface area contributed by atoms with E-state index in [1.807, 2.05) is 35.7 Å².